The van der Waals surface area contributed by atoms with E-state index in [1.165, 1.54) is 11.1 Å². The normalized spacial score (nSPS) is 24.3. The molecule has 1 amide bonds. The van der Waals surface area contributed by atoms with E-state index in [0.29, 0.717) is 10.7 Å². The zero-order valence-electron chi connectivity index (χ0n) is 13.9. The van der Waals surface area contributed by atoms with Crippen LogP contribution in [-0.4, -0.2) is 19.1 Å². The van der Waals surface area contributed by atoms with Gasteiger partial charge in [-0.2, -0.15) is 0 Å². The maximum Gasteiger partial charge on any atom is 0.243 e. The highest BCUT2D eigenvalue weighted by Crippen LogP contribution is 2.40. The molecular weight excluding hydrogens is 338 g/mol. The number of benzene rings is 2. The summed E-state index contributed by atoms with van der Waals surface area (Å²) in [6.45, 7) is 0. The van der Waals surface area contributed by atoms with Gasteiger partial charge < -0.3 is 10.1 Å². The number of hydrazine groups is 1. The first-order valence-corrected chi connectivity index (χ1v) is 8.78. The molecular formula is C19H20ClN3O2. The number of anilines is 1. The van der Waals surface area contributed by atoms with Crippen LogP contribution in [0.4, 0.5) is 5.69 Å². The molecule has 6 heteroatoms. The summed E-state index contributed by atoms with van der Waals surface area (Å²) in [7, 11) is 1.68. The Morgan fingerprint density at radius 2 is 2.08 bits per heavy atom. The van der Waals surface area contributed by atoms with Gasteiger partial charge >= 0.3 is 0 Å². The highest BCUT2D eigenvalue weighted by molar-refractivity contribution is 6.33. The fraction of sp³-hybridized carbons (Fsp3) is 0.316. The number of carbonyl (C=O) groups is 1. The SMILES string of the molecule is COc1ccc2c(c1)CCC1C(C(=O)Nc3ccccc3Cl)NNC21. The minimum Gasteiger partial charge on any atom is -0.497 e. The van der Waals surface area contributed by atoms with E-state index in [4.69, 9.17) is 16.3 Å². The van der Waals surface area contributed by atoms with Gasteiger partial charge in [0.25, 0.3) is 0 Å². The number of hydrogen-bond acceptors (Lipinski definition) is 4. The van der Waals surface area contributed by atoms with Gasteiger partial charge in [0.1, 0.15) is 11.8 Å². The lowest BCUT2D eigenvalue weighted by atomic mass is 9.77. The first-order chi connectivity index (χ1) is 12.2. The Balaban J connectivity index is 1.53. The number of fused-ring (bicyclic) bond motifs is 3. The molecule has 3 unspecified atom stereocenters. The molecule has 0 saturated carbocycles. The number of halogens is 1. The third-order valence-electron chi connectivity index (χ3n) is 5.10. The van der Waals surface area contributed by atoms with Crippen molar-refractivity contribution in [3.8, 4) is 5.75 Å². The first-order valence-electron chi connectivity index (χ1n) is 8.40. The molecule has 0 radical (unpaired) electrons. The molecule has 1 aliphatic carbocycles. The molecule has 2 aromatic rings. The number of carbonyl (C=O) groups excluding carboxylic acids is 1. The highest BCUT2D eigenvalue weighted by Gasteiger charge is 2.43. The van der Waals surface area contributed by atoms with E-state index < -0.39 is 0 Å². The van der Waals surface area contributed by atoms with Crippen LogP contribution in [-0.2, 0) is 11.2 Å². The van der Waals surface area contributed by atoms with Crippen molar-refractivity contribution >= 4 is 23.2 Å². The van der Waals surface area contributed by atoms with E-state index in [1.807, 2.05) is 24.3 Å². The molecule has 2 aliphatic rings. The van der Waals surface area contributed by atoms with E-state index in [-0.39, 0.29) is 23.9 Å². The maximum atomic E-state index is 12.7. The van der Waals surface area contributed by atoms with E-state index in [0.717, 1.165) is 18.6 Å². The van der Waals surface area contributed by atoms with Gasteiger partial charge in [0.05, 0.1) is 23.9 Å². The summed E-state index contributed by atoms with van der Waals surface area (Å²) in [6, 6.07) is 13.3. The van der Waals surface area contributed by atoms with E-state index in [9.17, 15) is 4.79 Å². The van der Waals surface area contributed by atoms with Crippen LogP contribution < -0.4 is 20.9 Å². The molecule has 1 heterocycles. The molecule has 0 spiro atoms. The van der Waals surface area contributed by atoms with Crippen molar-refractivity contribution in [3.05, 3.63) is 58.6 Å². The fourth-order valence-electron chi connectivity index (χ4n) is 3.81. The third kappa shape index (κ3) is 2.99. The molecule has 0 aromatic heterocycles. The molecule has 1 fully saturated rings. The summed E-state index contributed by atoms with van der Waals surface area (Å²) in [6.07, 6.45) is 1.87. The van der Waals surface area contributed by atoms with Gasteiger partial charge in [0.15, 0.2) is 0 Å². The average molecular weight is 358 g/mol. The van der Waals surface area contributed by atoms with Crippen LogP contribution in [0.3, 0.4) is 0 Å². The van der Waals surface area contributed by atoms with Gasteiger partial charge in [-0.05, 0) is 48.2 Å². The first kappa shape index (κ1) is 16.4. The van der Waals surface area contributed by atoms with Crippen LogP contribution in [0.25, 0.3) is 0 Å². The van der Waals surface area contributed by atoms with Crippen LogP contribution in [0, 0.1) is 5.92 Å². The van der Waals surface area contributed by atoms with E-state index in [2.05, 4.69) is 28.3 Å². The van der Waals surface area contributed by atoms with Crippen molar-refractivity contribution in [3.63, 3.8) is 0 Å². The monoisotopic (exact) mass is 357 g/mol. The second kappa shape index (κ2) is 6.67. The summed E-state index contributed by atoms with van der Waals surface area (Å²) in [5.41, 5.74) is 9.62. The minimum absolute atomic E-state index is 0.0648. The summed E-state index contributed by atoms with van der Waals surface area (Å²) >= 11 is 6.15. The van der Waals surface area contributed by atoms with Crippen LogP contribution in [0.2, 0.25) is 5.02 Å². The zero-order valence-corrected chi connectivity index (χ0v) is 14.6. The molecule has 1 aliphatic heterocycles. The van der Waals surface area contributed by atoms with Crippen molar-refractivity contribution in [1.82, 2.24) is 10.9 Å². The Kier molecular flexibility index (Phi) is 4.37. The van der Waals surface area contributed by atoms with Gasteiger partial charge in [-0.1, -0.05) is 29.8 Å². The molecule has 1 saturated heterocycles. The number of aryl methyl sites for hydroxylation is 1. The Labute approximate surface area is 151 Å². The summed E-state index contributed by atoms with van der Waals surface area (Å²) in [5.74, 6) is 1.00. The van der Waals surface area contributed by atoms with Crippen molar-refractivity contribution in [2.24, 2.45) is 5.92 Å². The number of methoxy groups -OCH3 is 1. The second-order valence-corrected chi connectivity index (χ2v) is 6.89. The van der Waals surface area contributed by atoms with E-state index >= 15 is 0 Å². The van der Waals surface area contributed by atoms with Crippen LogP contribution in [0.5, 0.6) is 5.75 Å². The molecule has 5 nitrogen and oxygen atoms in total. The van der Waals surface area contributed by atoms with Gasteiger partial charge in [0, 0.05) is 5.92 Å². The van der Waals surface area contributed by atoms with Gasteiger partial charge in [0.2, 0.25) is 5.91 Å². The predicted octanol–water partition coefficient (Wildman–Crippen LogP) is 3.07. The summed E-state index contributed by atoms with van der Waals surface area (Å²) in [5, 5.41) is 3.48. The van der Waals surface area contributed by atoms with Crippen molar-refractivity contribution in [2.75, 3.05) is 12.4 Å². The van der Waals surface area contributed by atoms with Gasteiger partial charge in [-0.3, -0.25) is 4.79 Å². The number of nitrogens with one attached hydrogen (secondary N) is 3. The Bertz CT molecular complexity index is 811. The molecule has 130 valence electrons. The van der Waals surface area contributed by atoms with Gasteiger partial charge in [-0.25, -0.2) is 10.9 Å². The largest absolute Gasteiger partial charge is 0.497 e. The third-order valence-corrected chi connectivity index (χ3v) is 5.43. The van der Waals surface area contributed by atoms with E-state index in [1.54, 1.807) is 13.2 Å². The zero-order chi connectivity index (χ0) is 17.4. The second-order valence-electron chi connectivity index (χ2n) is 6.48. The standard InChI is InChI=1S/C19H20ClN3O2/c1-25-12-7-9-13-11(10-12)6-8-14-17(13)22-23-18(14)19(24)21-16-5-3-2-4-15(16)20/h2-5,7,9-10,14,17-18,22-23H,6,8H2,1H3,(H,21,24). The quantitative estimate of drug-likeness (QED) is 0.790. The molecule has 0 bridgehead atoms. The molecule has 3 N–H and O–H groups in total. The lowest BCUT2D eigenvalue weighted by Crippen LogP contribution is -2.42. The number of rotatable bonds is 3. The number of para-hydroxylation sites is 1. The lowest BCUT2D eigenvalue weighted by molar-refractivity contribution is -0.118. The summed E-state index contributed by atoms with van der Waals surface area (Å²) in [4.78, 5) is 12.7. The average Bonchev–Trinajstić information content (AvgIpc) is 3.07. The number of amides is 1. The molecule has 25 heavy (non-hydrogen) atoms. The van der Waals surface area contributed by atoms with Crippen LogP contribution >= 0.6 is 11.6 Å². The maximum absolute atomic E-state index is 12.7. The smallest absolute Gasteiger partial charge is 0.243 e. The van der Waals surface area contributed by atoms with Gasteiger partial charge in [-0.15, -0.1) is 0 Å². The topological polar surface area (TPSA) is 62.4 Å². The number of ether oxygens (including phenoxy) is 1. The summed E-state index contributed by atoms with van der Waals surface area (Å²) < 4.78 is 5.32. The van der Waals surface area contributed by atoms with Crippen molar-refractivity contribution < 1.29 is 9.53 Å². The molecule has 2 aromatic carbocycles. The highest BCUT2D eigenvalue weighted by atomic mass is 35.5. The fourth-order valence-corrected chi connectivity index (χ4v) is 3.99. The lowest BCUT2D eigenvalue weighted by Gasteiger charge is -2.29. The predicted molar refractivity (Wildman–Crippen MR) is 97.7 cm³/mol. The Morgan fingerprint density at radius 1 is 1.24 bits per heavy atom. The Morgan fingerprint density at radius 3 is 2.88 bits per heavy atom. The molecule has 3 atom stereocenters. The minimum atomic E-state index is -0.295. The number of hydrogen-bond donors (Lipinski definition) is 3. The van der Waals surface area contributed by atoms with Crippen molar-refractivity contribution in [2.45, 2.75) is 24.9 Å². The van der Waals surface area contributed by atoms with Crippen LogP contribution in [0.1, 0.15) is 23.6 Å². The Hall–Kier alpha value is -2.08. The molecule has 4 rings (SSSR count). The van der Waals surface area contributed by atoms with Crippen LogP contribution in [0.15, 0.2) is 42.5 Å². The van der Waals surface area contributed by atoms with Crippen molar-refractivity contribution in [1.29, 1.82) is 0 Å².